The van der Waals surface area contributed by atoms with Crippen molar-refractivity contribution in [2.24, 2.45) is 0 Å². The van der Waals surface area contributed by atoms with Crippen molar-refractivity contribution in [3.8, 4) is 20.2 Å². The number of benzene rings is 3. The summed E-state index contributed by atoms with van der Waals surface area (Å²) < 4.78 is 11.5. The van der Waals surface area contributed by atoms with Crippen LogP contribution in [0, 0.1) is 0 Å². The van der Waals surface area contributed by atoms with E-state index in [0.717, 1.165) is 17.1 Å². The molecular weight excluding hydrogens is 524 g/mol. The van der Waals surface area contributed by atoms with Gasteiger partial charge in [-0.1, -0.05) is 0 Å². The third kappa shape index (κ3) is 3.72. The van der Waals surface area contributed by atoms with E-state index in [1.807, 2.05) is 6.07 Å². The molecule has 3 heterocycles. The topological polar surface area (TPSA) is 16.4 Å². The molecule has 3 aromatic heterocycles. The molecule has 0 N–H and O–H groups in total. The molecular formula is C28H19NOSe2. The fourth-order valence-electron chi connectivity index (χ4n) is 3.92. The average Bonchev–Trinajstić information content (AvgIpc) is 3.58. The van der Waals surface area contributed by atoms with Crippen molar-refractivity contribution < 1.29 is 4.42 Å². The van der Waals surface area contributed by atoms with Gasteiger partial charge in [-0.15, -0.1) is 0 Å². The van der Waals surface area contributed by atoms with Crippen LogP contribution in [0.25, 0.3) is 28.7 Å². The predicted molar refractivity (Wildman–Crippen MR) is 136 cm³/mol. The van der Waals surface area contributed by atoms with Crippen LogP contribution >= 0.6 is 0 Å². The molecule has 0 spiro atoms. The number of furan rings is 1. The fourth-order valence-corrected chi connectivity index (χ4v) is 9.70. The molecule has 0 bridgehead atoms. The number of hydrogen-bond donors (Lipinski definition) is 0. The normalized spacial score (nSPS) is 11.1. The van der Waals surface area contributed by atoms with Crippen LogP contribution in [0.3, 0.4) is 0 Å². The average molecular weight is 543 g/mol. The van der Waals surface area contributed by atoms with Crippen molar-refractivity contribution in [1.29, 1.82) is 0 Å². The summed E-state index contributed by atoms with van der Waals surface area (Å²) >= 11 is 0.656. The maximum atomic E-state index is 5.62. The van der Waals surface area contributed by atoms with Crippen LogP contribution in [-0.4, -0.2) is 29.0 Å². The Bertz CT molecular complexity index is 1390. The quantitative estimate of drug-likeness (QED) is 0.212. The van der Waals surface area contributed by atoms with Crippen molar-refractivity contribution in [3.05, 3.63) is 115 Å². The van der Waals surface area contributed by atoms with Gasteiger partial charge in [-0.05, 0) is 0 Å². The maximum absolute atomic E-state index is 5.62. The van der Waals surface area contributed by atoms with Crippen LogP contribution in [-0.2, 0) is 0 Å². The van der Waals surface area contributed by atoms with Gasteiger partial charge in [0, 0.05) is 0 Å². The summed E-state index contributed by atoms with van der Waals surface area (Å²) in [6, 6.07) is 39.0. The zero-order valence-electron chi connectivity index (χ0n) is 17.1. The molecule has 3 aromatic carbocycles. The summed E-state index contributed by atoms with van der Waals surface area (Å²) in [6.07, 6.45) is 1.76. The van der Waals surface area contributed by atoms with Crippen molar-refractivity contribution >= 4 is 54.6 Å². The molecule has 0 unspecified atom stereocenters. The van der Waals surface area contributed by atoms with E-state index in [0.29, 0.717) is 29.0 Å². The Kier molecular flexibility index (Phi) is 5.22. The molecule has 0 amide bonds. The van der Waals surface area contributed by atoms with Crippen molar-refractivity contribution in [2.75, 3.05) is 4.90 Å². The Morgan fingerprint density at radius 1 is 0.531 bits per heavy atom. The molecule has 0 atom stereocenters. The van der Waals surface area contributed by atoms with Gasteiger partial charge in [-0.2, -0.15) is 0 Å². The molecule has 0 aliphatic rings. The summed E-state index contributed by atoms with van der Waals surface area (Å²) in [5.74, 6) is 1.02. The Hall–Kier alpha value is -3.00. The second-order valence-electron chi connectivity index (χ2n) is 7.48. The van der Waals surface area contributed by atoms with Gasteiger partial charge >= 0.3 is 200 Å². The Balaban J connectivity index is 1.41. The molecule has 0 radical (unpaired) electrons. The molecule has 4 heteroatoms. The van der Waals surface area contributed by atoms with E-state index in [4.69, 9.17) is 4.42 Å². The SMILES string of the molecule is c1ccc(N(c2ccccc2)c2cccc(-c3cc4[se]c(-c5ccco5)cc4[se]3)c2)cc1. The number of fused-ring (bicyclic) bond motifs is 1. The Morgan fingerprint density at radius 3 is 1.81 bits per heavy atom. The summed E-state index contributed by atoms with van der Waals surface area (Å²) in [4.78, 5) is 2.33. The van der Waals surface area contributed by atoms with Gasteiger partial charge in [0.2, 0.25) is 0 Å². The van der Waals surface area contributed by atoms with E-state index in [-0.39, 0.29) is 0 Å². The summed E-state index contributed by atoms with van der Waals surface area (Å²) in [5.41, 5.74) is 4.83. The van der Waals surface area contributed by atoms with Gasteiger partial charge in [-0.3, -0.25) is 0 Å². The molecule has 32 heavy (non-hydrogen) atoms. The van der Waals surface area contributed by atoms with Crippen molar-refractivity contribution in [1.82, 2.24) is 0 Å². The molecule has 0 fully saturated rings. The van der Waals surface area contributed by atoms with Crippen LogP contribution in [0.5, 0.6) is 0 Å². The first-order chi connectivity index (χ1) is 15.8. The number of nitrogens with zero attached hydrogens (tertiary/aromatic N) is 1. The first kappa shape index (κ1) is 19.7. The number of anilines is 3. The molecule has 0 aliphatic heterocycles. The number of rotatable bonds is 5. The summed E-state index contributed by atoms with van der Waals surface area (Å²) in [7, 11) is 0. The number of hydrogen-bond acceptors (Lipinski definition) is 2. The van der Waals surface area contributed by atoms with E-state index in [2.05, 4.69) is 108 Å². The second kappa shape index (κ2) is 8.50. The van der Waals surface area contributed by atoms with Crippen LogP contribution in [0.4, 0.5) is 17.1 Å². The molecule has 6 aromatic rings. The van der Waals surface area contributed by atoms with Crippen LogP contribution in [0.1, 0.15) is 0 Å². The minimum atomic E-state index is 0.328. The molecule has 154 valence electrons. The van der Waals surface area contributed by atoms with Gasteiger partial charge in [0.15, 0.2) is 0 Å². The minimum absolute atomic E-state index is 0.328. The van der Waals surface area contributed by atoms with E-state index >= 15 is 0 Å². The predicted octanol–water partition coefficient (Wildman–Crippen LogP) is 7.35. The zero-order chi connectivity index (χ0) is 21.3. The van der Waals surface area contributed by atoms with Crippen molar-refractivity contribution in [3.63, 3.8) is 0 Å². The van der Waals surface area contributed by atoms with Gasteiger partial charge in [0.1, 0.15) is 0 Å². The van der Waals surface area contributed by atoms with E-state index < -0.39 is 0 Å². The van der Waals surface area contributed by atoms with Crippen LogP contribution in [0.2, 0.25) is 0 Å². The molecule has 0 aliphatic carbocycles. The van der Waals surface area contributed by atoms with E-state index in [1.54, 1.807) is 6.26 Å². The van der Waals surface area contributed by atoms with Gasteiger partial charge in [0.05, 0.1) is 0 Å². The first-order valence-electron chi connectivity index (χ1n) is 10.4. The molecule has 2 nitrogen and oxygen atoms in total. The van der Waals surface area contributed by atoms with Crippen molar-refractivity contribution in [2.45, 2.75) is 0 Å². The molecule has 6 rings (SSSR count). The summed E-state index contributed by atoms with van der Waals surface area (Å²) in [5, 5.41) is 0. The monoisotopic (exact) mass is 545 g/mol. The third-order valence-corrected chi connectivity index (χ3v) is 10.7. The van der Waals surface area contributed by atoms with E-state index in [9.17, 15) is 0 Å². The number of para-hydroxylation sites is 2. The molecule has 0 saturated carbocycles. The zero-order valence-corrected chi connectivity index (χ0v) is 20.6. The standard InChI is InChI=1S/C28H19NOSe2/c1-3-10-21(11-4-1)29(22-12-5-2-6-13-22)23-14-7-9-20(17-23)25-18-27-28(31-25)19-26(32-27)24-15-8-16-30-24/h1-19H. The first-order valence-corrected chi connectivity index (χ1v) is 13.9. The second-order valence-corrected chi connectivity index (χ2v) is 12.0. The van der Waals surface area contributed by atoms with Gasteiger partial charge < -0.3 is 0 Å². The Labute approximate surface area is 198 Å². The fraction of sp³-hybridized carbons (Fsp3) is 0. The van der Waals surface area contributed by atoms with E-state index in [1.165, 1.54) is 28.6 Å². The third-order valence-electron chi connectivity index (χ3n) is 5.39. The molecule has 0 saturated heterocycles. The van der Waals surface area contributed by atoms with Gasteiger partial charge in [0.25, 0.3) is 0 Å². The van der Waals surface area contributed by atoms with Crippen LogP contribution < -0.4 is 4.90 Å². The Morgan fingerprint density at radius 2 is 1.16 bits per heavy atom. The summed E-state index contributed by atoms with van der Waals surface area (Å²) in [6.45, 7) is 0. The van der Waals surface area contributed by atoms with Crippen LogP contribution in [0.15, 0.2) is 120 Å². The van der Waals surface area contributed by atoms with Gasteiger partial charge in [-0.25, -0.2) is 0 Å².